The topological polar surface area (TPSA) is 37.2 Å². The molecule has 10 aromatic carbocycles. The third-order valence-corrected chi connectivity index (χ3v) is 13.8. The van der Waals surface area contributed by atoms with Crippen LogP contribution >= 0.6 is 0 Å². The van der Waals surface area contributed by atoms with Gasteiger partial charge in [-0.2, -0.15) is 0 Å². The Labute approximate surface area is 371 Å². The molecule has 1 aliphatic heterocycles. The molecule has 4 aromatic heterocycles. The van der Waals surface area contributed by atoms with E-state index < -0.39 is 0 Å². The molecule has 0 spiro atoms. The molecule has 0 aliphatic carbocycles. The van der Waals surface area contributed by atoms with E-state index in [9.17, 15) is 0 Å². The number of rotatable bonds is 4. The number of hydrogen-bond acceptors (Lipinski definition) is 2. The van der Waals surface area contributed by atoms with Crippen LogP contribution in [0.3, 0.4) is 0 Å². The van der Waals surface area contributed by atoms with Crippen LogP contribution in [0.15, 0.2) is 217 Å². The van der Waals surface area contributed by atoms with Crippen LogP contribution in [0.1, 0.15) is 0 Å². The van der Waals surface area contributed by atoms with E-state index in [-0.39, 0.29) is 0 Å². The quantitative estimate of drug-likeness (QED) is 0.177. The van der Waals surface area contributed by atoms with E-state index >= 15 is 0 Å². The minimum absolute atomic E-state index is 0.867. The van der Waals surface area contributed by atoms with Crippen molar-refractivity contribution in [2.75, 3.05) is 0 Å². The van der Waals surface area contributed by atoms with E-state index in [4.69, 9.17) is 9.15 Å². The van der Waals surface area contributed by atoms with Gasteiger partial charge in [-0.1, -0.05) is 121 Å². The van der Waals surface area contributed by atoms with Crippen LogP contribution < -0.4 is 4.74 Å². The molecular formula is C60H35N3O2. The minimum atomic E-state index is 0.867. The summed E-state index contributed by atoms with van der Waals surface area (Å²) in [6.45, 7) is 0. The highest BCUT2D eigenvalue weighted by Gasteiger charge is 2.25. The molecule has 15 rings (SSSR count). The molecule has 5 heterocycles. The minimum Gasteiger partial charge on any atom is -0.456 e. The van der Waals surface area contributed by atoms with Gasteiger partial charge in [0.1, 0.15) is 11.2 Å². The third kappa shape index (κ3) is 4.81. The summed E-state index contributed by atoms with van der Waals surface area (Å²) in [6, 6.07) is 76.6. The molecule has 0 unspecified atom stereocenters. The van der Waals surface area contributed by atoms with Crippen molar-refractivity contribution in [3.63, 3.8) is 0 Å². The summed E-state index contributed by atoms with van der Waals surface area (Å²) in [6.07, 6.45) is 0. The van der Waals surface area contributed by atoms with Crippen LogP contribution in [-0.4, -0.2) is 13.7 Å². The van der Waals surface area contributed by atoms with Crippen molar-refractivity contribution in [3.8, 4) is 50.8 Å². The van der Waals surface area contributed by atoms with E-state index in [1.165, 1.54) is 76.6 Å². The normalized spacial score (nSPS) is 12.4. The van der Waals surface area contributed by atoms with E-state index in [1.807, 2.05) is 18.2 Å². The van der Waals surface area contributed by atoms with Gasteiger partial charge in [0.2, 0.25) is 0 Å². The fourth-order valence-electron chi connectivity index (χ4n) is 11.0. The van der Waals surface area contributed by atoms with Gasteiger partial charge >= 0.3 is 0 Å². The summed E-state index contributed by atoms with van der Waals surface area (Å²) < 4.78 is 19.9. The molecule has 0 atom stereocenters. The monoisotopic (exact) mass is 829 g/mol. The second-order valence-electron chi connectivity index (χ2n) is 17.3. The van der Waals surface area contributed by atoms with Gasteiger partial charge in [0.05, 0.1) is 38.8 Å². The highest BCUT2D eigenvalue weighted by molar-refractivity contribution is 6.17. The van der Waals surface area contributed by atoms with Crippen LogP contribution in [0.25, 0.3) is 127 Å². The lowest BCUT2D eigenvalue weighted by atomic mass is 10.0. The molecule has 0 amide bonds. The molecule has 0 saturated carbocycles. The Hall–Kier alpha value is -8.80. The lowest BCUT2D eigenvalue weighted by Crippen LogP contribution is -2.04. The Morgan fingerprint density at radius 2 is 0.831 bits per heavy atom. The first kappa shape index (κ1) is 34.7. The van der Waals surface area contributed by atoms with Crippen LogP contribution in [0.2, 0.25) is 0 Å². The first-order valence-electron chi connectivity index (χ1n) is 22.2. The Morgan fingerprint density at radius 1 is 0.292 bits per heavy atom. The Balaban J connectivity index is 0.845. The first-order valence-corrected chi connectivity index (χ1v) is 22.2. The van der Waals surface area contributed by atoms with Crippen molar-refractivity contribution < 1.29 is 9.15 Å². The maximum atomic E-state index is 6.42. The fourth-order valence-corrected chi connectivity index (χ4v) is 11.0. The van der Waals surface area contributed by atoms with Gasteiger partial charge < -0.3 is 22.9 Å². The summed E-state index contributed by atoms with van der Waals surface area (Å²) in [5.74, 6) is 1.75. The molecular weight excluding hydrogens is 795 g/mol. The highest BCUT2D eigenvalue weighted by Crippen LogP contribution is 2.48. The van der Waals surface area contributed by atoms with Crippen LogP contribution in [0, 0.1) is 0 Å². The third-order valence-electron chi connectivity index (χ3n) is 13.8. The van der Waals surface area contributed by atoms with Crippen molar-refractivity contribution in [2.45, 2.75) is 0 Å². The number of ether oxygens (including phenoxy) is 1. The van der Waals surface area contributed by atoms with Gasteiger partial charge in [-0.25, -0.2) is 0 Å². The van der Waals surface area contributed by atoms with Gasteiger partial charge in [-0.15, -0.1) is 0 Å². The average molecular weight is 830 g/mol. The fraction of sp³-hybridized carbons (Fsp3) is 0. The predicted molar refractivity (Wildman–Crippen MR) is 268 cm³/mol. The van der Waals surface area contributed by atoms with E-state index in [1.54, 1.807) is 0 Å². The van der Waals surface area contributed by atoms with Crippen molar-refractivity contribution in [2.24, 2.45) is 0 Å². The average Bonchev–Trinajstić information content (AvgIpc) is 4.11. The molecule has 0 fully saturated rings. The number of nitrogens with zero attached hydrogens (tertiary/aromatic N) is 3. The van der Waals surface area contributed by atoms with Crippen molar-refractivity contribution in [1.29, 1.82) is 0 Å². The number of benzene rings is 10. The van der Waals surface area contributed by atoms with Gasteiger partial charge in [0.25, 0.3) is 0 Å². The first-order chi connectivity index (χ1) is 32.2. The van der Waals surface area contributed by atoms with Crippen molar-refractivity contribution in [3.05, 3.63) is 212 Å². The zero-order valence-electron chi connectivity index (χ0n) is 34.9. The van der Waals surface area contributed by atoms with Crippen molar-refractivity contribution >= 4 is 87.4 Å². The summed E-state index contributed by atoms with van der Waals surface area (Å²) in [5, 5.41) is 9.58. The molecule has 5 nitrogen and oxygen atoms in total. The molecule has 0 N–H and O–H groups in total. The Morgan fingerprint density at radius 3 is 1.58 bits per heavy atom. The lowest BCUT2D eigenvalue weighted by molar-refractivity contribution is 0.476. The summed E-state index contributed by atoms with van der Waals surface area (Å²) >= 11 is 0. The number of aromatic nitrogens is 3. The second-order valence-corrected chi connectivity index (χ2v) is 17.3. The lowest BCUT2D eigenvalue weighted by Gasteiger charge is -2.21. The summed E-state index contributed by atoms with van der Waals surface area (Å²) in [4.78, 5) is 0. The molecule has 0 bridgehead atoms. The number of para-hydroxylation sites is 7. The second kappa shape index (κ2) is 12.9. The maximum absolute atomic E-state index is 6.42. The zero-order chi connectivity index (χ0) is 42.3. The van der Waals surface area contributed by atoms with Gasteiger partial charge in [0, 0.05) is 66.1 Å². The van der Waals surface area contributed by atoms with Crippen LogP contribution in [0.4, 0.5) is 0 Å². The molecule has 0 radical (unpaired) electrons. The molecule has 1 aliphatic rings. The van der Waals surface area contributed by atoms with Gasteiger partial charge in [-0.3, -0.25) is 0 Å². The van der Waals surface area contributed by atoms with Crippen molar-refractivity contribution in [1.82, 2.24) is 13.7 Å². The van der Waals surface area contributed by atoms with E-state index in [2.05, 4.69) is 208 Å². The van der Waals surface area contributed by atoms with Gasteiger partial charge in [0.15, 0.2) is 11.5 Å². The highest BCUT2D eigenvalue weighted by atomic mass is 16.5. The number of furan rings is 1. The molecule has 5 heteroatoms. The zero-order valence-corrected chi connectivity index (χ0v) is 34.9. The van der Waals surface area contributed by atoms with Gasteiger partial charge in [-0.05, 0) is 102 Å². The smallest absolute Gasteiger partial charge is 0.152 e. The maximum Gasteiger partial charge on any atom is 0.152 e. The summed E-state index contributed by atoms with van der Waals surface area (Å²) in [7, 11) is 0. The Bertz CT molecular complexity index is 4330. The molecule has 0 saturated heterocycles. The number of hydrogen-bond donors (Lipinski definition) is 0. The van der Waals surface area contributed by atoms with E-state index in [0.29, 0.717) is 0 Å². The standard InChI is InChI=1S/C60H35N3O2/c1-4-17-50-42(11-1)48-33-37(38-26-32-53-49(34-38)43-12-2-5-18-51(43)62(53)40-29-30-45-44-13-3-7-20-55(44)64-58(45)35-40)25-31-52(48)61(50)39-27-23-36(24-28-39)41-14-9-15-46-47-16-10-22-57-60(47)63(59(41)46)54-19-6-8-21-56(54)65-57/h1-35H. The SMILES string of the molecule is c1ccc2c(c1)Oc1cccc3c4cccc(-c5ccc(-n6c7ccccc7c7cc(-c8ccc9c(c8)c8ccccc8n9-c8ccc9c(c8)oc8ccccc89)ccc76)cc5)c4n-2c13. The molecule has 302 valence electrons. The van der Waals surface area contributed by atoms with E-state index in [0.717, 1.165) is 61.5 Å². The molecule has 65 heavy (non-hydrogen) atoms. The summed E-state index contributed by atoms with van der Waals surface area (Å²) in [5.41, 5.74) is 16.8. The van der Waals surface area contributed by atoms with Crippen LogP contribution in [-0.2, 0) is 0 Å². The predicted octanol–water partition coefficient (Wildman–Crippen LogP) is 16.3. The Kier molecular flexibility index (Phi) is 6.89. The molecule has 14 aromatic rings. The largest absolute Gasteiger partial charge is 0.456 e. The number of fused-ring (bicyclic) bond motifs is 14. The van der Waals surface area contributed by atoms with Crippen LogP contribution in [0.5, 0.6) is 11.5 Å².